The minimum atomic E-state index is -0.918. The number of halogens is 1. The van der Waals surface area contributed by atoms with Crippen LogP contribution in [0.3, 0.4) is 0 Å². The van der Waals surface area contributed by atoms with Gasteiger partial charge in [0.2, 0.25) is 0 Å². The first-order chi connectivity index (χ1) is 9.65. The molecule has 0 fully saturated rings. The van der Waals surface area contributed by atoms with Gasteiger partial charge >= 0.3 is 12.0 Å². The lowest BCUT2D eigenvalue weighted by Gasteiger charge is -2.25. The third-order valence-electron chi connectivity index (χ3n) is 2.70. The number of carboxylic acids is 1. The van der Waals surface area contributed by atoms with Gasteiger partial charge in [-0.05, 0) is 52.6 Å². The summed E-state index contributed by atoms with van der Waals surface area (Å²) in [6, 6.07) is 6.63. The van der Waals surface area contributed by atoms with E-state index in [-0.39, 0.29) is 17.9 Å². The van der Waals surface area contributed by atoms with Crippen LogP contribution in [0.25, 0.3) is 0 Å². The maximum atomic E-state index is 12.0. The zero-order valence-electron chi connectivity index (χ0n) is 12.4. The van der Waals surface area contributed by atoms with Gasteiger partial charge in [-0.15, -0.1) is 0 Å². The van der Waals surface area contributed by atoms with Gasteiger partial charge in [0.1, 0.15) is 0 Å². The molecule has 0 aliphatic carbocycles. The Hall–Kier alpha value is -1.31. The quantitative estimate of drug-likeness (QED) is 0.655. The molecule has 2 amide bonds. The lowest BCUT2D eigenvalue weighted by Crippen LogP contribution is -2.41. The molecule has 0 saturated carbocycles. The summed E-state index contributed by atoms with van der Waals surface area (Å²) in [6.45, 7) is 6.04. The molecule has 0 aliphatic heterocycles. The van der Waals surface area contributed by atoms with Crippen LogP contribution < -0.4 is 10.6 Å². The van der Waals surface area contributed by atoms with Crippen molar-refractivity contribution in [2.24, 2.45) is 5.41 Å². The fourth-order valence-electron chi connectivity index (χ4n) is 2.04. The summed E-state index contributed by atoms with van der Waals surface area (Å²) in [5.74, 6) is -0.918. The highest BCUT2D eigenvalue weighted by molar-refractivity contribution is 14.1. The van der Waals surface area contributed by atoms with Crippen molar-refractivity contribution < 1.29 is 14.7 Å². The van der Waals surface area contributed by atoms with Crippen molar-refractivity contribution in [3.05, 3.63) is 27.8 Å². The first-order valence-corrected chi connectivity index (χ1v) is 7.78. The molecule has 0 spiro atoms. The largest absolute Gasteiger partial charge is 0.481 e. The lowest BCUT2D eigenvalue weighted by molar-refractivity contribution is -0.137. The number of hydrogen-bond acceptors (Lipinski definition) is 2. The minimum Gasteiger partial charge on any atom is -0.481 e. The van der Waals surface area contributed by atoms with Crippen LogP contribution in [0.2, 0.25) is 0 Å². The van der Waals surface area contributed by atoms with Crippen molar-refractivity contribution >= 4 is 40.3 Å². The van der Waals surface area contributed by atoms with Gasteiger partial charge in [0, 0.05) is 15.3 Å². The van der Waals surface area contributed by atoms with E-state index in [2.05, 4.69) is 33.2 Å². The number of rotatable bonds is 5. The fraction of sp³-hybridized carbons (Fsp3) is 0.467. The smallest absolute Gasteiger partial charge is 0.319 e. The summed E-state index contributed by atoms with van der Waals surface area (Å²) in [6.07, 6.45) is 0.510. The minimum absolute atomic E-state index is 0.0600. The zero-order chi connectivity index (χ0) is 16.0. The summed E-state index contributed by atoms with van der Waals surface area (Å²) in [7, 11) is 0. The Labute approximate surface area is 138 Å². The molecule has 0 aromatic heterocycles. The Morgan fingerprint density at radius 2 is 2.00 bits per heavy atom. The lowest BCUT2D eigenvalue weighted by atomic mass is 9.87. The monoisotopic (exact) mass is 404 g/mol. The van der Waals surface area contributed by atoms with Crippen LogP contribution in [0, 0.1) is 8.99 Å². The summed E-state index contributed by atoms with van der Waals surface area (Å²) in [5.41, 5.74) is 0.624. The van der Waals surface area contributed by atoms with E-state index < -0.39 is 12.0 Å². The Kier molecular flexibility index (Phi) is 6.44. The number of aliphatic carboxylic acids is 1. The summed E-state index contributed by atoms with van der Waals surface area (Å²) in [5, 5.41) is 14.4. The van der Waals surface area contributed by atoms with E-state index in [1.165, 1.54) is 0 Å². The summed E-state index contributed by atoms with van der Waals surface area (Å²) < 4.78 is 1.02. The highest BCUT2D eigenvalue weighted by Gasteiger charge is 2.22. The van der Waals surface area contributed by atoms with Crippen LogP contribution in [-0.2, 0) is 4.79 Å². The molecule has 21 heavy (non-hydrogen) atoms. The van der Waals surface area contributed by atoms with E-state index >= 15 is 0 Å². The van der Waals surface area contributed by atoms with E-state index in [0.717, 1.165) is 3.57 Å². The molecule has 0 heterocycles. The molecule has 3 N–H and O–H groups in total. The highest BCUT2D eigenvalue weighted by atomic mass is 127. The number of benzene rings is 1. The topological polar surface area (TPSA) is 78.4 Å². The van der Waals surface area contributed by atoms with E-state index in [9.17, 15) is 9.59 Å². The van der Waals surface area contributed by atoms with Crippen molar-refractivity contribution in [1.29, 1.82) is 0 Å². The number of urea groups is 1. The second-order valence-corrected chi connectivity index (χ2v) is 7.41. The number of carboxylic acid groups (broad SMARTS) is 1. The van der Waals surface area contributed by atoms with Crippen LogP contribution in [0.4, 0.5) is 10.5 Å². The molecular weight excluding hydrogens is 383 g/mol. The molecule has 0 saturated heterocycles. The Morgan fingerprint density at radius 3 is 2.52 bits per heavy atom. The summed E-state index contributed by atoms with van der Waals surface area (Å²) in [4.78, 5) is 22.9. The van der Waals surface area contributed by atoms with Gasteiger partial charge in [0.25, 0.3) is 0 Å². The first kappa shape index (κ1) is 17.7. The maximum Gasteiger partial charge on any atom is 0.319 e. The number of anilines is 1. The third kappa shape index (κ3) is 7.89. The predicted octanol–water partition coefficient (Wildman–Crippen LogP) is 3.69. The Bertz CT molecular complexity index is 512. The third-order valence-corrected chi connectivity index (χ3v) is 3.37. The predicted molar refractivity (Wildman–Crippen MR) is 91.4 cm³/mol. The molecule has 5 nitrogen and oxygen atoms in total. The van der Waals surface area contributed by atoms with Crippen LogP contribution in [-0.4, -0.2) is 23.1 Å². The van der Waals surface area contributed by atoms with Crippen molar-refractivity contribution in [3.63, 3.8) is 0 Å². The second-order valence-electron chi connectivity index (χ2n) is 6.17. The maximum absolute atomic E-state index is 12.0. The zero-order valence-corrected chi connectivity index (χ0v) is 14.6. The number of hydrogen-bond donors (Lipinski definition) is 3. The number of amides is 2. The normalized spacial score (nSPS) is 12.6. The van der Waals surface area contributed by atoms with Crippen LogP contribution in [0.5, 0.6) is 0 Å². The second kappa shape index (κ2) is 7.63. The van der Waals surface area contributed by atoms with Crippen molar-refractivity contribution in [2.75, 3.05) is 5.32 Å². The standard InChI is InChI=1S/C15H21IN2O3/c1-15(2,3)9-12(8-13(19)20)18-14(21)17-11-6-4-5-10(16)7-11/h4-7,12H,8-9H2,1-3H3,(H,19,20)(H2,17,18,21). The van der Waals surface area contributed by atoms with E-state index in [4.69, 9.17) is 5.11 Å². The molecule has 1 aromatic rings. The Balaban J connectivity index is 2.65. The molecule has 1 rings (SSSR count). The van der Waals surface area contributed by atoms with Gasteiger partial charge in [-0.25, -0.2) is 4.79 Å². The van der Waals surface area contributed by atoms with Gasteiger partial charge in [0.05, 0.1) is 6.42 Å². The molecule has 0 bridgehead atoms. The average molecular weight is 404 g/mol. The first-order valence-electron chi connectivity index (χ1n) is 6.70. The van der Waals surface area contributed by atoms with E-state index in [1.54, 1.807) is 6.07 Å². The average Bonchev–Trinajstić information content (AvgIpc) is 2.24. The van der Waals surface area contributed by atoms with Crippen molar-refractivity contribution in [1.82, 2.24) is 5.32 Å². The SMILES string of the molecule is CC(C)(C)CC(CC(=O)O)NC(=O)Nc1cccc(I)c1. The highest BCUT2D eigenvalue weighted by Crippen LogP contribution is 2.22. The molecule has 6 heteroatoms. The molecule has 0 aliphatic rings. The van der Waals surface area contributed by atoms with E-state index in [0.29, 0.717) is 12.1 Å². The van der Waals surface area contributed by atoms with Gasteiger partial charge in [-0.1, -0.05) is 26.8 Å². The Morgan fingerprint density at radius 1 is 1.33 bits per heavy atom. The van der Waals surface area contributed by atoms with Crippen LogP contribution >= 0.6 is 22.6 Å². The van der Waals surface area contributed by atoms with Crippen molar-refractivity contribution in [3.8, 4) is 0 Å². The number of carbonyl (C=O) groups is 2. The molecule has 1 unspecified atom stereocenters. The number of nitrogens with one attached hydrogen (secondary N) is 2. The molecular formula is C15H21IN2O3. The van der Waals surface area contributed by atoms with Gasteiger partial charge in [-0.2, -0.15) is 0 Å². The van der Waals surface area contributed by atoms with E-state index in [1.807, 2.05) is 39.0 Å². The van der Waals surface area contributed by atoms with Gasteiger partial charge in [0.15, 0.2) is 0 Å². The molecule has 1 atom stereocenters. The number of carbonyl (C=O) groups excluding carboxylic acids is 1. The van der Waals surface area contributed by atoms with Crippen LogP contribution in [0.1, 0.15) is 33.6 Å². The van der Waals surface area contributed by atoms with Gasteiger partial charge < -0.3 is 15.7 Å². The van der Waals surface area contributed by atoms with Gasteiger partial charge in [-0.3, -0.25) is 4.79 Å². The molecule has 116 valence electrons. The molecule has 1 aromatic carbocycles. The summed E-state index contributed by atoms with van der Waals surface area (Å²) >= 11 is 2.16. The fourth-order valence-corrected chi connectivity index (χ4v) is 2.59. The molecule has 0 radical (unpaired) electrons. The van der Waals surface area contributed by atoms with Crippen LogP contribution in [0.15, 0.2) is 24.3 Å². The van der Waals surface area contributed by atoms with Crippen molar-refractivity contribution in [2.45, 2.75) is 39.7 Å².